The second kappa shape index (κ2) is 11.2. The zero-order chi connectivity index (χ0) is 21.1. The average molecular weight is 396 g/mol. The number of nitrogens with zero attached hydrogens (tertiary/aromatic N) is 3. The number of hydrogen-bond acceptors (Lipinski definition) is 7. The standard InChI is InChI=1S/C21H24N4O4/c1-5-12-29-24-15(2)16-10-11-19(23-13-16)28-14-17-8-6-7-9-18(17)20(25-27-4)21(26)22-3/h5-11,13H,1,12,14H2,2-4H3,(H,22,26). The fourth-order valence-corrected chi connectivity index (χ4v) is 2.37. The predicted molar refractivity (Wildman–Crippen MR) is 111 cm³/mol. The van der Waals surface area contributed by atoms with Crippen molar-refractivity contribution >= 4 is 17.3 Å². The first-order valence-corrected chi connectivity index (χ1v) is 8.88. The van der Waals surface area contributed by atoms with Gasteiger partial charge in [-0.1, -0.05) is 47.2 Å². The monoisotopic (exact) mass is 396 g/mol. The van der Waals surface area contributed by atoms with Crippen molar-refractivity contribution in [2.75, 3.05) is 20.8 Å². The fourth-order valence-electron chi connectivity index (χ4n) is 2.37. The van der Waals surface area contributed by atoms with Crippen LogP contribution in [0.25, 0.3) is 0 Å². The number of aromatic nitrogens is 1. The minimum atomic E-state index is -0.352. The molecule has 0 fully saturated rings. The lowest BCUT2D eigenvalue weighted by molar-refractivity contribution is -0.114. The Morgan fingerprint density at radius 2 is 2.03 bits per heavy atom. The van der Waals surface area contributed by atoms with E-state index in [0.29, 0.717) is 23.8 Å². The van der Waals surface area contributed by atoms with E-state index in [2.05, 4.69) is 27.2 Å². The number of carbonyl (C=O) groups is 1. The Kier molecular flexibility index (Phi) is 8.37. The number of oxime groups is 2. The molecule has 0 saturated carbocycles. The molecule has 1 aromatic heterocycles. The van der Waals surface area contributed by atoms with Gasteiger partial charge in [-0.2, -0.15) is 0 Å². The molecule has 0 atom stereocenters. The van der Waals surface area contributed by atoms with Crippen LogP contribution in [0.15, 0.2) is 65.6 Å². The van der Waals surface area contributed by atoms with Gasteiger partial charge in [-0.15, -0.1) is 0 Å². The lowest BCUT2D eigenvalue weighted by atomic mass is 10.0. The van der Waals surface area contributed by atoms with E-state index in [1.54, 1.807) is 24.4 Å². The van der Waals surface area contributed by atoms with Crippen molar-refractivity contribution in [3.8, 4) is 5.88 Å². The molecule has 1 N–H and O–H groups in total. The molecule has 0 aliphatic heterocycles. The second-order valence-electron chi connectivity index (χ2n) is 5.79. The van der Waals surface area contributed by atoms with Gasteiger partial charge in [0.05, 0.1) is 5.71 Å². The Morgan fingerprint density at radius 1 is 1.24 bits per heavy atom. The minimum Gasteiger partial charge on any atom is -0.473 e. The highest BCUT2D eigenvalue weighted by molar-refractivity contribution is 6.45. The van der Waals surface area contributed by atoms with Crippen molar-refractivity contribution in [3.63, 3.8) is 0 Å². The van der Waals surface area contributed by atoms with Gasteiger partial charge in [0.15, 0.2) is 5.71 Å². The molecule has 0 aliphatic rings. The van der Waals surface area contributed by atoms with E-state index in [9.17, 15) is 4.79 Å². The van der Waals surface area contributed by atoms with Crippen molar-refractivity contribution < 1.29 is 19.2 Å². The molecule has 0 aliphatic carbocycles. The quantitative estimate of drug-likeness (QED) is 0.288. The molecule has 2 rings (SSSR count). The number of amides is 1. The first kappa shape index (κ1) is 21.6. The van der Waals surface area contributed by atoms with Gasteiger partial charge in [-0.25, -0.2) is 4.98 Å². The highest BCUT2D eigenvalue weighted by Crippen LogP contribution is 2.15. The van der Waals surface area contributed by atoms with E-state index in [1.165, 1.54) is 14.2 Å². The van der Waals surface area contributed by atoms with Crippen LogP contribution in [0.3, 0.4) is 0 Å². The molecule has 8 heteroatoms. The third kappa shape index (κ3) is 6.17. The van der Waals surface area contributed by atoms with E-state index in [-0.39, 0.29) is 18.2 Å². The zero-order valence-electron chi connectivity index (χ0n) is 16.7. The number of ether oxygens (including phenoxy) is 1. The summed E-state index contributed by atoms with van der Waals surface area (Å²) in [7, 11) is 2.92. The van der Waals surface area contributed by atoms with Gasteiger partial charge in [0.25, 0.3) is 5.91 Å². The van der Waals surface area contributed by atoms with Gasteiger partial charge in [0.2, 0.25) is 5.88 Å². The van der Waals surface area contributed by atoms with Crippen LogP contribution >= 0.6 is 0 Å². The highest BCUT2D eigenvalue weighted by Gasteiger charge is 2.17. The molecule has 1 aromatic carbocycles. The summed E-state index contributed by atoms with van der Waals surface area (Å²) in [6, 6.07) is 10.9. The first-order chi connectivity index (χ1) is 14.1. The van der Waals surface area contributed by atoms with Gasteiger partial charge in [-0.3, -0.25) is 4.79 Å². The number of carbonyl (C=O) groups excluding carboxylic acids is 1. The van der Waals surface area contributed by atoms with Crippen LogP contribution in [-0.2, 0) is 21.1 Å². The lowest BCUT2D eigenvalue weighted by Crippen LogP contribution is -2.29. The number of hydrogen-bond donors (Lipinski definition) is 1. The molecule has 0 bridgehead atoms. The molecule has 0 radical (unpaired) electrons. The second-order valence-corrected chi connectivity index (χ2v) is 5.79. The number of likely N-dealkylation sites (N-methyl/N-ethyl adjacent to an activating group) is 1. The van der Waals surface area contributed by atoms with Gasteiger partial charge >= 0.3 is 0 Å². The molecule has 8 nitrogen and oxygen atoms in total. The Labute approximate surface area is 169 Å². The Bertz CT molecular complexity index is 892. The summed E-state index contributed by atoms with van der Waals surface area (Å²) >= 11 is 0. The molecular formula is C21H24N4O4. The number of pyridine rings is 1. The Balaban J connectivity index is 2.12. The van der Waals surface area contributed by atoms with E-state index in [4.69, 9.17) is 14.4 Å². The number of nitrogens with one attached hydrogen (secondary N) is 1. The SMILES string of the molecule is C=CCON=C(C)c1ccc(OCc2ccccc2C(=NOC)C(=O)NC)nc1. The third-order valence-corrected chi connectivity index (χ3v) is 3.82. The van der Waals surface area contributed by atoms with Crippen LogP contribution in [0.5, 0.6) is 5.88 Å². The highest BCUT2D eigenvalue weighted by atomic mass is 16.6. The van der Waals surface area contributed by atoms with Crippen LogP contribution in [0.4, 0.5) is 0 Å². The van der Waals surface area contributed by atoms with Crippen LogP contribution in [0.2, 0.25) is 0 Å². The summed E-state index contributed by atoms with van der Waals surface area (Å²) in [4.78, 5) is 26.3. The van der Waals surface area contributed by atoms with Crippen molar-refractivity contribution in [2.24, 2.45) is 10.3 Å². The summed E-state index contributed by atoms with van der Waals surface area (Å²) < 4.78 is 5.78. The molecule has 2 aromatic rings. The smallest absolute Gasteiger partial charge is 0.273 e. The number of rotatable bonds is 10. The lowest BCUT2D eigenvalue weighted by Gasteiger charge is -2.12. The van der Waals surface area contributed by atoms with Gasteiger partial charge in [0, 0.05) is 30.4 Å². The van der Waals surface area contributed by atoms with Gasteiger partial charge in [0.1, 0.15) is 20.3 Å². The minimum absolute atomic E-state index is 0.170. The average Bonchev–Trinajstić information content (AvgIpc) is 2.76. The first-order valence-electron chi connectivity index (χ1n) is 8.88. The van der Waals surface area contributed by atoms with Gasteiger partial charge in [-0.05, 0) is 18.6 Å². The fraction of sp³-hybridized carbons (Fsp3) is 0.238. The summed E-state index contributed by atoms with van der Waals surface area (Å²) in [5.74, 6) is 0.0868. The molecule has 0 spiro atoms. The predicted octanol–water partition coefficient (Wildman–Crippen LogP) is 2.68. The Hall–Kier alpha value is -3.68. The van der Waals surface area contributed by atoms with E-state index in [0.717, 1.165) is 11.1 Å². The normalized spacial score (nSPS) is 11.6. The summed E-state index contributed by atoms with van der Waals surface area (Å²) in [6.07, 6.45) is 3.27. The van der Waals surface area contributed by atoms with E-state index < -0.39 is 0 Å². The maximum absolute atomic E-state index is 12.1. The van der Waals surface area contributed by atoms with Crippen molar-refractivity contribution in [1.29, 1.82) is 0 Å². The maximum Gasteiger partial charge on any atom is 0.273 e. The molecule has 0 unspecified atom stereocenters. The maximum atomic E-state index is 12.1. The van der Waals surface area contributed by atoms with Crippen molar-refractivity contribution in [2.45, 2.75) is 13.5 Å². The molecule has 152 valence electrons. The van der Waals surface area contributed by atoms with Crippen molar-refractivity contribution in [3.05, 3.63) is 71.9 Å². The number of benzene rings is 1. The van der Waals surface area contributed by atoms with Crippen LogP contribution in [0.1, 0.15) is 23.6 Å². The van der Waals surface area contributed by atoms with Crippen molar-refractivity contribution in [1.82, 2.24) is 10.3 Å². The molecule has 1 heterocycles. The summed E-state index contributed by atoms with van der Waals surface area (Å²) in [5.41, 5.74) is 3.07. The summed E-state index contributed by atoms with van der Waals surface area (Å²) in [6.45, 7) is 5.94. The van der Waals surface area contributed by atoms with Crippen LogP contribution in [0, 0.1) is 0 Å². The summed E-state index contributed by atoms with van der Waals surface area (Å²) in [5, 5.41) is 10.4. The van der Waals surface area contributed by atoms with Crippen LogP contribution in [-0.4, -0.2) is 43.1 Å². The van der Waals surface area contributed by atoms with E-state index >= 15 is 0 Å². The van der Waals surface area contributed by atoms with E-state index in [1.807, 2.05) is 31.2 Å². The topological polar surface area (TPSA) is 94.4 Å². The van der Waals surface area contributed by atoms with Gasteiger partial charge < -0.3 is 19.7 Å². The zero-order valence-corrected chi connectivity index (χ0v) is 16.7. The molecule has 0 saturated heterocycles. The largest absolute Gasteiger partial charge is 0.473 e. The molecule has 29 heavy (non-hydrogen) atoms. The molecule has 1 amide bonds. The van der Waals surface area contributed by atoms with Crippen LogP contribution < -0.4 is 10.1 Å². The Morgan fingerprint density at radius 3 is 2.69 bits per heavy atom. The molecular weight excluding hydrogens is 372 g/mol. The third-order valence-electron chi connectivity index (χ3n) is 3.82.